The Hall–Kier alpha value is -3.24. The standard InChI is InChI=1S/C15H14F3N7O/c16-15(17,18)7-25-13(22-14(20)23-25)10-6-24-3-4-26-11-2-1-8(19)5-9(11)12(24)21-10/h1-2,5-6H,3-4,7,19H2,(H2,20,23). The first-order valence-electron chi connectivity index (χ1n) is 7.67. The van der Waals surface area contributed by atoms with Gasteiger partial charge in [0.1, 0.15) is 30.4 Å². The van der Waals surface area contributed by atoms with Gasteiger partial charge in [-0.05, 0) is 18.2 Å². The van der Waals surface area contributed by atoms with E-state index in [1.54, 1.807) is 29.0 Å². The van der Waals surface area contributed by atoms with Crippen molar-refractivity contribution in [2.75, 3.05) is 18.1 Å². The maximum absolute atomic E-state index is 12.8. The van der Waals surface area contributed by atoms with E-state index in [0.717, 1.165) is 0 Å². The molecule has 1 aliphatic heterocycles. The number of alkyl halides is 3. The maximum Gasteiger partial charge on any atom is 0.408 e. The molecule has 0 saturated heterocycles. The highest BCUT2D eigenvalue weighted by molar-refractivity contribution is 5.71. The number of anilines is 2. The van der Waals surface area contributed by atoms with E-state index in [1.807, 2.05) is 0 Å². The number of imidazole rings is 1. The average Bonchev–Trinajstić information content (AvgIpc) is 3.06. The highest BCUT2D eigenvalue weighted by atomic mass is 19.4. The van der Waals surface area contributed by atoms with Gasteiger partial charge in [-0.15, -0.1) is 5.10 Å². The second-order valence-electron chi connectivity index (χ2n) is 5.81. The normalized spacial score (nSPS) is 13.7. The Morgan fingerprint density at radius 2 is 1.96 bits per heavy atom. The van der Waals surface area contributed by atoms with Crippen LogP contribution in [0.4, 0.5) is 24.8 Å². The topological polar surface area (TPSA) is 110 Å². The molecule has 1 aliphatic rings. The summed E-state index contributed by atoms with van der Waals surface area (Å²) in [5.74, 6) is 0.832. The van der Waals surface area contributed by atoms with E-state index in [2.05, 4.69) is 15.1 Å². The number of aromatic nitrogens is 5. The molecular formula is C15H14F3N7O. The first-order valence-corrected chi connectivity index (χ1v) is 7.67. The van der Waals surface area contributed by atoms with Crippen molar-refractivity contribution in [1.29, 1.82) is 0 Å². The van der Waals surface area contributed by atoms with E-state index in [1.165, 1.54) is 0 Å². The van der Waals surface area contributed by atoms with Crippen molar-refractivity contribution in [3.8, 4) is 28.7 Å². The molecule has 26 heavy (non-hydrogen) atoms. The Labute approximate surface area is 145 Å². The van der Waals surface area contributed by atoms with E-state index in [0.29, 0.717) is 40.7 Å². The van der Waals surface area contributed by atoms with Crippen LogP contribution in [0.3, 0.4) is 0 Å². The van der Waals surface area contributed by atoms with Gasteiger partial charge in [-0.1, -0.05) is 0 Å². The first-order chi connectivity index (χ1) is 12.3. The molecule has 0 radical (unpaired) electrons. The van der Waals surface area contributed by atoms with Crippen molar-refractivity contribution in [2.45, 2.75) is 19.3 Å². The van der Waals surface area contributed by atoms with E-state index in [4.69, 9.17) is 16.2 Å². The van der Waals surface area contributed by atoms with Gasteiger partial charge in [0, 0.05) is 11.9 Å². The van der Waals surface area contributed by atoms with Crippen LogP contribution >= 0.6 is 0 Å². The summed E-state index contributed by atoms with van der Waals surface area (Å²) in [6.07, 6.45) is -2.85. The third-order valence-electron chi connectivity index (χ3n) is 3.86. The second-order valence-corrected chi connectivity index (χ2v) is 5.81. The van der Waals surface area contributed by atoms with Crippen LogP contribution in [-0.2, 0) is 13.1 Å². The van der Waals surface area contributed by atoms with Gasteiger partial charge in [0.05, 0.1) is 12.1 Å². The lowest BCUT2D eigenvalue weighted by molar-refractivity contribution is -0.142. The minimum Gasteiger partial charge on any atom is -0.491 e. The van der Waals surface area contributed by atoms with E-state index in [-0.39, 0.29) is 17.5 Å². The fourth-order valence-corrected chi connectivity index (χ4v) is 2.84. The largest absolute Gasteiger partial charge is 0.491 e. The van der Waals surface area contributed by atoms with Crippen molar-refractivity contribution in [3.63, 3.8) is 0 Å². The van der Waals surface area contributed by atoms with Gasteiger partial charge < -0.3 is 20.8 Å². The molecule has 8 nitrogen and oxygen atoms in total. The Balaban J connectivity index is 1.82. The summed E-state index contributed by atoms with van der Waals surface area (Å²) in [5, 5.41) is 3.62. The molecule has 136 valence electrons. The number of nitrogens with two attached hydrogens (primary N) is 2. The quantitative estimate of drug-likeness (QED) is 0.672. The molecule has 3 aromatic rings. The van der Waals surface area contributed by atoms with Crippen molar-refractivity contribution in [3.05, 3.63) is 24.4 Å². The van der Waals surface area contributed by atoms with Crippen molar-refractivity contribution >= 4 is 11.6 Å². The minimum absolute atomic E-state index is 0.0493. The minimum atomic E-state index is -4.46. The molecule has 0 saturated carbocycles. The number of rotatable bonds is 2. The molecule has 0 aliphatic carbocycles. The molecule has 0 spiro atoms. The highest BCUT2D eigenvalue weighted by Crippen LogP contribution is 2.35. The van der Waals surface area contributed by atoms with Crippen LogP contribution in [0.15, 0.2) is 24.4 Å². The number of nitrogen functional groups attached to an aromatic ring is 2. The van der Waals surface area contributed by atoms with E-state index < -0.39 is 12.7 Å². The van der Waals surface area contributed by atoms with Gasteiger partial charge in [-0.3, -0.25) is 0 Å². The van der Waals surface area contributed by atoms with Crippen molar-refractivity contribution < 1.29 is 17.9 Å². The molecular weight excluding hydrogens is 351 g/mol. The van der Waals surface area contributed by atoms with Gasteiger partial charge in [-0.25, -0.2) is 9.67 Å². The van der Waals surface area contributed by atoms with Gasteiger partial charge >= 0.3 is 6.18 Å². The summed E-state index contributed by atoms with van der Waals surface area (Å²) < 4.78 is 46.5. The molecule has 2 aromatic heterocycles. The van der Waals surface area contributed by atoms with Crippen molar-refractivity contribution in [2.24, 2.45) is 0 Å². The van der Waals surface area contributed by atoms with Crippen molar-refractivity contribution in [1.82, 2.24) is 24.3 Å². The molecule has 0 atom stereocenters. The summed E-state index contributed by atoms with van der Waals surface area (Å²) in [6, 6.07) is 5.15. The van der Waals surface area contributed by atoms with E-state index >= 15 is 0 Å². The second kappa shape index (κ2) is 5.64. The number of benzene rings is 1. The molecule has 0 fully saturated rings. The smallest absolute Gasteiger partial charge is 0.408 e. The molecule has 11 heteroatoms. The van der Waals surface area contributed by atoms with Crippen LogP contribution in [-0.4, -0.2) is 37.1 Å². The Bertz CT molecular complexity index is 976. The highest BCUT2D eigenvalue weighted by Gasteiger charge is 2.31. The maximum atomic E-state index is 12.8. The van der Waals surface area contributed by atoms with Crippen LogP contribution in [0, 0.1) is 0 Å². The fourth-order valence-electron chi connectivity index (χ4n) is 2.84. The van der Waals surface area contributed by atoms with Gasteiger partial charge in [0.15, 0.2) is 5.82 Å². The van der Waals surface area contributed by atoms with Crippen LogP contribution in [0.25, 0.3) is 22.9 Å². The molecule has 3 heterocycles. The summed E-state index contributed by atoms with van der Waals surface area (Å²) in [7, 11) is 0. The zero-order valence-corrected chi connectivity index (χ0v) is 13.4. The van der Waals surface area contributed by atoms with Gasteiger partial charge in [-0.2, -0.15) is 18.2 Å². The van der Waals surface area contributed by atoms with Gasteiger partial charge in [0.2, 0.25) is 5.95 Å². The summed E-state index contributed by atoms with van der Waals surface area (Å²) in [4.78, 5) is 8.35. The molecule has 0 amide bonds. The molecule has 0 unspecified atom stereocenters. The Morgan fingerprint density at radius 3 is 2.73 bits per heavy atom. The molecule has 4 N–H and O–H groups in total. The zero-order chi connectivity index (χ0) is 18.5. The predicted octanol–water partition coefficient (Wildman–Crippen LogP) is 1.93. The van der Waals surface area contributed by atoms with Crippen LogP contribution in [0.2, 0.25) is 0 Å². The summed E-state index contributed by atoms with van der Waals surface area (Å²) in [6.45, 7) is -0.446. The lowest BCUT2D eigenvalue weighted by atomic mass is 10.1. The van der Waals surface area contributed by atoms with E-state index in [9.17, 15) is 13.2 Å². The number of nitrogens with zero attached hydrogens (tertiary/aromatic N) is 5. The number of halogens is 3. The Morgan fingerprint density at radius 1 is 1.15 bits per heavy atom. The van der Waals surface area contributed by atoms with Gasteiger partial charge in [0.25, 0.3) is 0 Å². The lowest BCUT2D eigenvalue weighted by Crippen LogP contribution is -2.19. The molecule has 1 aromatic carbocycles. The molecule has 0 bridgehead atoms. The summed E-state index contributed by atoms with van der Waals surface area (Å²) >= 11 is 0. The number of fused-ring (bicyclic) bond motifs is 3. The fraction of sp³-hybridized carbons (Fsp3) is 0.267. The zero-order valence-electron chi connectivity index (χ0n) is 13.4. The van der Waals surface area contributed by atoms with Crippen LogP contribution in [0.1, 0.15) is 0 Å². The summed E-state index contributed by atoms with van der Waals surface area (Å²) in [5.41, 5.74) is 12.8. The van der Waals surface area contributed by atoms with Crippen LogP contribution in [0.5, 0.6) is 5.75 Å². The van der Waals surface area contributed by atoms with Crippen LogP contribution < -0.4 is 16.2 Å². The monoisotopic (exact) mass is 365 g/mol. The number of hydrogen-bond donors (Lipinski definition) is 2. The number of hydrogen-bond acceptors (Lipinski definition) is 6. The first kappa shape index (κ1) is 16.2. The lowest BCUT2D eigenvalue weighted by Gasteiger charge is -2.08. The predicted molar refractivity (Wildman–Crippen MR) is 87.1 cm³/mol. The average molecular weight is 365 g/mol. The SMILES string of the molecule is Nc1ccc2c(c1)-c1nc(-c3nc(N)nn3CC(F)(F)F)cn1CCO2. The third-order valence-corrected chi connectivity index (χ3v) is 3.86. The third kappa shape index (κ3) is 2.91. The number of ether oxygens (including phenoxy) is 1. The Kier molecular flexibility index (Phi) is 3.53. The molecule has 4 rings (SSSR count).